The van der Waals surface area contributed by atoms with E-state index in [0.29, 0.717) is 18.2 Å². The number of likely N-dealkylation sites (tertiary alicyclic amines) is 1. The number of rotatable bonds is 3. The molecular formula is C17H25ClF3N3. The van der Waals surface area contributed by atoms with E-state index in [4.69, 9.17) is 0 Å². The molecule has 0 spiro atoms. The van der Waals surface area contributed by atoms with Crippen molar-refractivity contribution in [3.05, 3.63) is 35.4 Å². The van der Waals surface area contributed by atoms with Crippen molar-refractivity contribution in [3.8, 4) is 0 Å². The first-order valence-corrected chi connectivity index (χ1v) is 8.36. The van der Waals surface area contributed by atoms with Gasteiger partial charge in [-0.3, -0.25) is 9.80 Å². The van der Waals surface area contributed by atoms with Crippen molar-refractivity contribution in [2.75, 3.05) is 39.3 Å². The number of hydrogen-bond donors (Lipinski definition) is 1. The molecule has 2 aliphatic rings. The first-order valence-electron chi connectivity index (χ1n) is 8.36. The Balaban J connectivity index is 0.00000208. The fourth-order valence-electron chi connectivity index (χ4n) is 3.67. The summed E-state index contributed by atoms with van der Waals surface area (Å²) in [6.45, 7) is 6.40. The Morgan fingerprint density at radius 2 is 1.62 bits per heavy atom. The van der Waals surface area contributed by atoms with Gasteiger partial charge in [0.2, 0.25) is 0 Å². The third-order valence-electron chi connectivity index (χ3n) is 4.94. The summed E-state index contributed by atoms with van der Waals surface area (Å²) < 4.78 is 39.2. The van der Waals surface area contributed by atoms with Crippen LogP contribution in [0.2, 0.25) is 0 Å². The van der Waals surface area contributed by atoms with Gasteiger partial charge in [-0.05, 0) is 37.6 Å². The zero-order valence-electron chi connectivity index (χ0n) is 13.7. The average molecular weight is 364 g/mol. The maximum Gasteiger partial charge on any atom is 0.416 e. The lowest BCUT2D eigenvalue weighted by Crippen LogP contribution is -2.51. The minimum atomic E-state index is -4.27. The third kappa shape index (κ3) is 4.85. The molecule has 7 heteroatoms. The van der Waals surface area contributed by atoms with Crippen molar-refractivity contribution in [1.29, 1.82) is 0 Å². The Kier molecular flexibility index (Phi) is 6.92. The molecule has 1 N–H and O–H groups in total. The van der Waals surface area contributed by atoms with Gasteiger partial charge in [0, 0.05) is 38.8 Å². The van der Waals surface area contributed by atoms with Crippen LogP contribution in [0.5, 0.6) is 0 Å². The number of piperidine rings is 1. The summed E-state index contributed by atoms with van der Waals surface area (Å²) in [6, 6.07) is 6.53. The lowest BCUT2D eigenvalue weighted by Gasteiger charge is -2.40. The molecule has 2 heterocycles. The zero-order valence-corrected chi connectivity index (χ0v) is 14.5. The quantitative estimate of drug-likeness (QED) is 0.890. The monoisotopic (exact) mass is 363 g/mol. The van der Waals surface area contributed by atoms with Crippen LogP contribution in [0.25, 0.3) is 0 Å². The molecular weight excluding hydrogens is 339 g/mol. The fourth-order valence-corrected chi connectivity index (χ4v) is 3.67. The van der Waals surface area contributed by atoms with Crippen molar-refractivity contribution in [2.45, 2.75) is 31.6 Å². The minimum absolute atomic E-state index is 0. The van der Waals surface area contributed by atoms with Crippen molar-refractivity contribution in [2.24, 2.45) is 0 Å². The normalized spacial score (nSPS) is 21.5. The van der Waals surface area contributed by atoms with Gasteiger partial charge >= 0.3 is 6.18 Å². The molecule has 0 unspecified atom stereocenters. The predicted molar refractivity (Wildman–Crippen MR) is 91.4 cm³/mol. The molecule has 2 saturated heterocycles. The van der Waals surface area contributed by atoms with Crippen LogP contribution in [0.4, 0.5) is 13.2 Å². The van der Waals surface area contributed by atoms with Crippen LogP contribution in [-0.2, 0) is 12.7 Å². The van der Waals surface area contributed by atoms with E-state index in [1.807, 2.05) is 0 Å². The van der Waals surface area contributed by atoms with Crippen LogP contribution in [0.15, 0.2) is 24.3 Å². The van der Waals surface area contributed by atoms with Crippen molar-refractivity contribution in [1.82, 2.24) is 15.1 Å². The molecule has 1 aromatic carbocycles. The molecule has 136 valence electrons. The van der Waals surface area contributed by atoms with Crippen LogP contribution >= 0.6 is 12.4 Å². The molecule has 0 atom stereocenters. The Bertz CT molecular complexity index is 510. The van der Waals surface area contributed by atoms with Gasteiger partial charge in [-0.2, -0.15) is 13.2 Å². The van der Waals surface area contributed by atoms with Gasteiger partial charge < -0.3 is 5.32 Å². The lowest BCUT2D eigenvalue weighted by atomic mass is 10.0. The highest BCUT2D eigenvalue weighted by Gasteiger charge is 2.33. The van der Waals surface area contributed by atoms with E-state index in [9.17, 15) is 13.2 Å². The van der Waals surface area contributed by atoms with Gasteiger partial charge in [-0.1, -0.05) is 18.2 Å². The molecule has 0 radical (unpaired) electrons. The summed E-state index contributed by atoms with van der Waals surface area (Å²) >= 11 is 0. The van der Waals surface area contributed by atoms with E-state index in [1.54, 1.807) is 12.1 Å². The summed E-state index contributed by atoms with van der Waals surface area (Å²) in [7, 11) is 0. The number of piperazine rings is 1. The SMILES string of the molecule is Cl.FC(F)(F)c1ccccc1CN1CCC(N2CCNCC2)CC1. The van der Waals surface area contributed by atoms with Crippen molar-refractivity contribution in [3.63, 3.8) is 0 Å². The second-order valence-corrected chi connectivity index (χ2v) is 6.45. The van der Waals surface area contributed by atoms with Gasteiger partial charge in [0.1, 0.15) is 0 Å². The summed E-state index contributed by atoms with van der Waals surface area (Å²) in [5.74, 6) is 0. The second-order valence-electron chi connectivity index (χ2n) is 6.45. The highest BCUT2D eigenvalue weighted by atomic mass is 35.5. The van der Waals surface area contributed by atoms with Crippen molar-refractivity contribution >= 4 is 12.4 Å². The van der Waals surface area contributed by atoms with E-state index in [1.165, 1.54) is 12.1 Å². The second kappa shape index (κ2) is 8.52. The number of hydrogen-bond acceptors (Lipinski definition) is 3. The van der Waals surface area contributed by atoms with E-state index in [2.05, 4.69) is 15.1 Å². The van der Waals surface area contributed by atoms with Crippen molar-refractivity contribution < 1.29 is 13.2 Å². The Morgan fingerprint density at radius 1 is 1.00 bits per heavy atom. The molecule has 24 heavy (non-hydrogen) atoms. The smallest absolute Gasteiger partial charge is 0.314 e. The predicted octanol–water partition coefficient (Wildman–Crippen LogP) is 3.00. The maximum absolute atomic E-state index is 13.1. The van der Waals surface area contributed by atoms with Gasteiger partial charge in [0.25, 0.3) is 0 Å². The van der Waals surface area contributed by atoms with Gasteiger partial charge in [-0.25, -0.2) is 0 Å². The molecule has 0 amide bonds. The Labute approximate surface area is 147 Å². The number of nitrogens with one attached hydrogen (secondary N) is 1. The van der Waals surface area contributed by atoms with E-state index >= 15 is 0 Å². The highest BCUT2D eigenvalue weighted by molar-refractivity contribution is 5.85. The molecule has 3 nitrogen and oxygen atoms in total. The van der Waals surface area contributed by atoms with Crippen LogP contribution in [0.3, 0.4) is 0 Å². The zero-order chi connectivity index (χ0) is 16.3. The molecule has 0 aliphatic carbocycles. The van der Waals surface area contributed by atoms with Crippen LogP contribution in [0, 0.1) is 0 Å². The maximum atomic E-state index is 13.1. The molecule has 0 aromatic heterocycles. The topological polar surface area (TPSA) is 18.5 Å². The summed E-state index contributed by atoms with van der Waals surface area (Å²) in [4.78, 5) is 4.68. The number of benzene rings is 1. The summed E-state index contributed by atoms with van der Waals surface area (Å²) in [5.41, 5.74) is -0.107. The Morgan fingerprint density at radius 3 is 2.25 bits per heavy atom. The molecule has 1 aromatic rings. The number of alkyl halides is 3. The lowest BCUT2D eigenvalue weighted by molar-refractivity contribution is -0.138. The fraction of sp³-hybridized carbons (Fsp3) is 0.647. The summed E-state index contributed by atoms with van der Waals surface area (Å²) in [5, 5.41) is 3.36. The number of nitrogens with zero attached hydrogens (tertiary/aromatic N) is 2. The van der Waals surface area contributed by atoms with E-state index < -0.39 is 11.7 Å². The van der Waals surface area contributed by atoms with Crippen LogP contribution in [0.1, 0.15) is 24.0 Å². The number of halogens is 4. The molecule has 3 rings (SSSR count). The molecule has 0 saturated carbocycles. The Hall–Kier alpha value is -0.820. The van der Waals surface area contributed by atoms with Crippen LogP contribution in [-0.4, -0.2) is 55.1 Å². The van der Waals surface area contributed by atoms with Gasteiger partial charge in [-0.15, -0.1) is 12.4 Å². The first-order chi connectivity index (χ1) is 11.0. The van der Waals surface area contributed by atoms with Crippen LogP contribution < -0.4 is 5.32 Å². The highest BCUT2D eigenvalue weighted by Crippen LogP contribution is 2.32. The van der Waals surface area contributed by atoms with Gasteiger partial charge in [0.05, 0.1) is 5.56 Å². The largest absolute Gasteiger partial charge is 0.416 e. The van der Waals surface area contributed by atoms with Gasteiger partial charge in [0.15, 0.2) is 0 Å². The third-order valence-corrected chi connectivity index (χ3v) is 4.94. The first kappa shape index (κ1) is 19.5. The standard InChI is InChI=1S/C17H24F3N3.ClH/c18-17(19,20)16-4-2-1-3-14(16)13-22-9-5-15(6-10-22)23-11-7-21-8-12-23;/h1-4,15,21H,5-13H2;1H. The molecule has 0 bridgehead atoms. The van der Waals surface area contributed by atoms with E-state index in [-0.39, 0.29) is 12.4 Å². The minimum Gasteiger partial charge on any atom is -0.314 e. The molecule has 2 aliphatic heterocycles. The molecule has 2 fully saturated rings. The summed E-state index contributed by atoms with van der Waals surface area (Å²) in [6.07, 6.45) is -2.17. The average Bonchev–Trinajstić information content (AvgIpc) is 2.56. The van der Waals surface area contributed by atoms with E-state index in [0.717, 1.165) is 52.1 Å².